The number of aliphatic carboxylic acids is 1. The van der Waals surface area contributed by atoms with E-state index in [0.717, 1.165) is 40.7 Å². The molecule has 0 bridgehead atoms. The second-order valence-corrected chi connectivity index (χ2v) is 15.5. The minimum atomic E-state index is -4.70. The van der Waals surface area contributed by atoms with Gasteiger partial charge in [0.05, 0.1) is 22.6 Å². The predicted molar refractivity (Wildman–Crippen MR) is 207 cm³/mol. The summed E-state index contributed by atoms with van der Waals surface area (Å²) in [5.41, 5.74) is 4.80. The Labute approximate surface area is 324 Å². The van der Waals surface area contributed by atoms with Crippen molar-refractivity contribution in [2.24, 2.45) is 5.92 Å². The molecule has 9 rings (SSSR count). The van der Waals surface area contributed by atoms with Crippen LogP contribution in [0.5, 0.6) is 0 Å². The molecular formula is C42H38ClF3N6O4. The molecule has 3 aromatic heterocycles. The number of fused-ring (bicyclic) bond motifs is 3. The minimum absolute atomic E-state index is 0.0251. The molecule has 3 atom stereocenters. The average Bonchev–Trinajstić information content (AvgIpc) is 3.98. The van der Waals surface area contributed by atoms with Crippen LogP contribution >= 0.6 is 11.6 Å². The van der Waals surface area contributed by atoms with E-state index in [4.69, 9.17) is 21.0 Å². The van der Waals surface area contributed by atoms with Crippen LogP contribution in [0.15, 0.2) is 71.4 Å². The van der Waals surface area contributed by atoms with E-state index in [1.807, 2.05) is 48.4 Å². The number of anilines is 2. The maximum atomic E-state index is 14.8. The minimum Gasteiger partial charge on any atom is -0.481 e. The quantitative estimate of drug-likeness (QED) is 0.138. The summed E-state index contributed by atoms with van der Waals surface area (Å²) in [6.07, 6.45) is 0.477. The molecule has 0 spiro atoms. The van der Waals surface area contributed by atoms with Gasteiger partial charge in [0.1, 0.15) is 16.6 Å². The lowest BCUT2D eigenvalue weighted by atomic mass is 9.97. The topological polar surface area (TPSA) is 128 Å². The zero-order valence-electron chi connectivity index (χ0n) is 30.4. The van der Waals surface area contributed by atoms with Crippen LogP contribution in [-0.2, 0) is 23.9 Å². The highest BCUT2D eigenvalue weighted by Gasteiger charge is 2.44. The number of pyridine rings is 2. The van der Waals surface area contributed by atoms with Gasteiger partial charge in [-0.2, -0.15) is 13.2 Å². The summed E-state index contributed by atoms with van der Waals surface area (Å²) in [4.78, 5) is 29.8. The highest BCUT2D eigenvalue weighted by Crippen LogP contribution is 2.49. The molecule has 3 aliphatic rings. The second kappa shape index (κ2) is 14.1. The van der Waals surface area contributed by atoms with Crippen molar-refractivity contribution in [3.63, 3.8) is 0 Å². The van der Waals surface area contributed by atoms with Crippen molar-refractivity contribution < 1.29 is 32.6 Å². The number of rotatable bonds is 8. The molecule has 0 saturated carbocycles. The Bertz CT molecular complexity index is 2530. The van der Waals surface area contributed by atoms with Crippen LogP contribution in [0.25, 0.3) is 44.6 Å². The molecule has 288 valence electrons. The monoisotopic (exact) mass is 782 g/mol. The fourth-order valence-corrected chi connectivity index (χ4v) is 9.10. The lowest BCUT2D eigenvalue weighted by Crippen LogP contribution is -2.26. The molecular weight excluding hydrogens is 745 g/mol. The number of benzene rings is 3. The number of carbonyl (C=O) groups is 1. The summed E-state index contributed by atoms with van der Waals surface area (Å²) in [5.74, 6) is -0.873. The van der Waals surface area contributed by atoms with Crippen molar-refractivity contribution in [1.29, 1.82) is 0 Å². The number of aromatic nitrogens is 3. The highest BCUT2D eigenvalue weighted by atomic mass is 35.5. The van der Waals surface area contributed by atoms with Gasteiger partial charge >= 0.3 is 12.1 Å². The number of oxazole rings is 1. The number of carboxylic acids is 1. The van der Waals surface area contributed by atoms with E-state index in [2.05, 4.69) is 26.3 Å². The Morgan fingerprint density at radius 2 is 1.82 bits per heavy atom. The van der Waals surface area contributed by atoms with Crippen LogP contribution in [-0.4, -0.2) is 73.2 Å². The number of hydrogen-bond acceptors (Lipinski definition) is 9. The standard InChI is InChI=1S/C42H38ClF3N6O4/c1-22-27(4-3-7-32(22)49-39-37-24(10-13-47-39)16-23(18-48-37)19-51-14-12-26(53)21-51)29-5-2-6-30(36(29)43)40-50-33-17-31-28(35(38(33)56-40)42(44,45)46)8-9-34(31)52-15-11-25(20-52)41(54)55/h2-7,10,13,16-18,25-26,34,53H,8-9,11-12,14-15,19-21H2,1H3,(H,47,49)(H,54,55)/t25-,26-,34-/m1/s1. The molecule has 2 saturated heterocycles. The summed E-state index contributed by atoms with van der Waals surface area (Å²) in [6.45, 7) is 4.95. The summed E-state index contributed by atoms with van der Waals surface area (Å²) in [7, 11) is 0. The molecule has 0 radical (unpaired) electrons. The van der Waals surface area contributed by atoms with Crippen molar-refractivity contribution in [3.05, 3.63) is 99.8 Å². The zero-order valence-corrected chi connectivity index (χ0v) is 31.2. The third-order valence-corrected chi connectivity index (χ3v) is 12.0. The Morgan fingerprint density at radius 3 is 2.59 bits per heavy atom. The molecule has 0 amide bonds. The van der Waals surface area contributed by atoms with Crippen molar-refractivity contribution >= 4 is 51.1 Å². The molecule has 10 nitrogen and oxygen atoms in total. The summed E-state index contributed by atoms with van der Waals surface area (Å²) < 4.78 is 50.5. The number of alkyl halides is 3. The first-order valence-electron chi connectivity index (χ1n) is 18.7. The Kier molecular flexibility index (Phi) is 9.23. The van der Waals surface area contributed by atoms with Gasteiger partial charge in [-0.1, -0.05) is 35.9 Å². The maximum absolute atomic E-state index is 14.8. The predicted octanol–water partition coefficient (Wildman–Crippen LogP) is 8.79. The number of carboxylic acid groups (broad SMARTS) is 1. The number of nitrogens with zero attached hydrogens (tertiary/aromatic N) is 5. The molecule has 2 aliphatic heterocycles. The Morgan fingerprint density at radius 1 is 1.02 bits per heavy atom. The summed E-state index contributed by atoms with van der Waals surface area (Å²) >= 11 is 7.09. The number of likely N-dealkylation sites (tertiary alicyclic amines) is 2. The molecule has 6 aromatic rings. The van der Waals surface area contributed by atoms with Gasteiger partial charge in [0.2, 0.25) is 5.89 Å². The molecule has 3 aromatic carbocycles. The van der Waals surface area contributed by atoms with Crippen molar-refractivity contribution in [1.82, 2.24) is 24.8 Å². The van der Waals surface area contributed by atoms with Gasteiger partial charge in [0.15, 0.2) is 11.4 Å². The van der Waals surface area contributed by atoms with Gasteiger partial charge in [-0.25, -0.2) is 9.97 Å². The first kappa shape index (κ1) is 36.6. The van der Waals surface area contributed by atoms with Gasteiger partial charge < -0.3 is 19.9 Å². The highest BCUT2D eigenvalue weighted by molar-refractivity contribution is 6.36. The van der Waals surface area contributed by atoms with E-state index in [0.29, 0.717) is 67.0 Å². The van der Waals surface area contributed by atoms with E-state index < -0.39 is 23.6 Å². The molecule has 3 N–H and O–H groups in total. The van der Waals surface area contributed by atoms with Gasteiger partial charge in [-0.05, 0) is 97.3 Å². The number of halogens is 4. The smallest absolute Gasteiger partial charge is 0.420 e. The van der Waals surface area contributed by atoms with E-state index in [1.165, 1.54) is 0 Å². The van der Waals surface area contributed by atoms with Crippen molar-refractivity contribution in [2.75, 3.05) is 31.5 Å². The molecule has 5 heterocycles. The first-order chi connectivity index (χ1) is 26.9. The normalized spacial score (nSPS) is 20.4. The largest absolute Gasteiger partial charge is 0.481 e. The van der Waals surface area contributed by atoms with Crippen LogP contribution in [0, 0.1) is 12.8 Å². The summed E-state index contributed by atoms with van der Waals surface area (Å²) in [6, 6.07) is 16.4. The molecule has 2 fully saturated rings. The lowest BCUT2D eigenvalue weighted by molar-refractivity contribution is -0.141. The van der Waals surface area contributed by atoms with Gasteiger partial charge in [0, 0.05) is 61.3 Å². The van der Waals surface area contributed by atoms with Crippen LogP contribution in [0.3, 0.4) is 0 Å². The van der Waals surface area contributed by atoms with E-state index in [1.54, 1.807) is 24.4 Å². The van der Waals surface area contributed by atoms with E-state index >= 15 is 0 Å². The molecule has 1 aliphatic carbocycles. The third kappa shape index (κ3) is 6.55. The van der Waals surface area contributed by atoms with Crippen LogP contribution < -0.4 is 5.32 Å². The van der Waals surface area contributed by atoms with Gasteiger partial charge in [0.25, 0.3) is 0 Å². The maximum Gasteiger partial charge on any atom is 0.420 e. The first-order valence-corrected chi connectivity index (χ1v) is 19.1. The Balaban J connectivity index is 1.03. The van der Waals surface area contributed by atoms with E-state index in [-0.39, 0.29) is 46.1 Å². The van der Waals surface area contributed by atoms with Gasteiger partial charge in [-0.15, -0.1) is 0 Å². The second-order valence-electron chi connectivity index (χ2n) is 15.1. The van der Waals surface area contributed by atoms with Crippen molar-refractivity contribution in [3.8, 4) is 22.6 Å². The average molecular weight is 783 g/mol. The number of β-amino-alcohol motifs (C(OH)–C–C–N with tert-alkyl or cyclic N) is 1. The number of aliphatic hydroxyl groups is 1. The SMILES string of the molecule is Cc1c(Nc2nccc3cc(CN4CC[C@@H](O)C4)cnc23)cccc1-c1cccc(-c2nc3cc4c(c(C(F)(F)F)c3o2)CC[C@H]4N2CC[C@@H](C(=O)O)C2)c1Cl. The number of hydrogen-bond donors (Lipinski definition) is 3. The number of aliphatic hydroxyl groups excluding tert-OH is 1. The third-order valence-electron chi connectivity index (χ3n) is 11.6. The van der Waals surface area contributed by atoms with E-state index in [9.17, 15) is 28.2 Å². The summed E-state index contributed by atoms with van der Waals surface area (Å²) in [5, 5.41) is 24.1. The molecule has 14 heteroatoms. The Hall–Kier alpha value is -5.08. The van der Waals surface area contributed by atoms with Crippen LogP contribution in [0.4, 0.5) is 24.7 Å². The van der Waals surface area contributed by atoms with Gasteiger partial charge in [-0.3, -0.25) is 19.6 Å². The number of nitrogens with one attached hydrogen (secondary N) is 1. The van der Waals surface area contributed by atoms with Crippen LogP contribution in [0.1, 0.15) is 53.1 Å². The van der Waals surface area contributed by atoms with Crippen LogP contribution in [0.2, 0.25) is 5.02 Å². The zero-order chi connectivity index (χ0) is 38.9. The molecule has 56 heavy (non-hydrogen) atoms. The van der Waals surface area contributed by atoms with Crippen molar-refractivity contribution in [2.45, 2.75) is 57.5 Å². The lowest BCUT2D eigenvalue weighted by Gasteiger charge is -2.25. The fourth-order valence-electron chi connectivity index (χ4n) is 8.79. The fraction of sp³-hybridized carbons (Fsp3) is 0.333. The molecule has 0 unspecified atom stereocenters.